The third-order valence-electron chi connectivity index (χ3n) is 5.03. The molecule has 1 N–H and O–H groups in total. The van der Waals surface area contributed by atoms with Gasteiger partial charge in [0.25, 0.3) is 0 Å². The van der Waals surface area contributed by atoms with Gasteiger partial charge in [-0.2, -0.15) is 0 Å². The van der Waals surface area contributed by atoms with Crippen LogP contribution in [-0.2, 0) is 6.61 Å². The number of nitrogens with one attached hydrogen (secondary N) is 1. The lowest BCUT2D eigenvalue weighted by atomic mass is 10.0. The van der Waals surface area contributed by atoms with Gasteiger partial charge in [0.05, 0.1) is 6.26 Å². The molecule has 0 aliphatic heterocycles. The summed E-state index contributed by atoms with van der Waals surface area (Å²) in [6.45, 7) is 0.232. The SMILES string of the molecule is CNc1nc(-c2cccnc2)nc2c(OCc3ccco3)cc(-c3cccc(F)c3)cc12. The fourth-order valence-electron chi connectivity index (χ4n) is 3.50. The van der Waals surface area contributed by atoms with Crippen LogP contribution in [-0.4, -0.2) is 22.0 Å². The van der Waals surface area contributed by atoms with Gasteiger partial charge in [-0.1, -0.05) is 12.1 Å². The third-order valence-corrected chi connectivity index (χ3v) is 5.03. The van der Waals surface area contributed by atoms with Crippen LogP contribution in [0.5, 0.6) is 5.75 Å². The zero-order valence-corrected chi connectivity index (χ0v) is 17.2. The maximum atomic E-state index is 13.9. The highest BCUT2D eigenvalue weighted by Gasteiger charge is 2.16. The number of aromatic nitrogens is 3. The maximum absolute atomic E-state index is 13.9. The molecule has 32 heavy (non-hydrogen) atoms. The Morgan fingerprint density at radius 1 is 0.969 bits per heavy atom. The van der Waals surface area contributed by atoms with Crippen LogP contribution in [0.4, 0.5) is 10.2 Å². The van der Waals surface area contributed by atoms with Crippen LogP contribution in [0.1, 0.15) is 5.76 Å². The van der Waals surface area contributed by atoms with Crippen molar-refractivity contribution in [3.8, 4) is 28.3 Å². The van der Waals surface area contributed by atoms with Crippen molar-refractivity contribution in [3.63, 3.8) is 0 Å². The predicted octanol–water partition coefficient (Wildman–Crippen LogP) is 5.71. The summed E-state index contributed by atoms with van der Waals surface area (Å²) in [6, 6.07) is 17.6. The molecule has 0 amide bonds. The van der Waals surface area contributed by atoms with Crippen LogP contribution in [0.3, 0.4) is 0 Å². The summed E-state index contributed by atoms with van der Waals surface area (Å²) in [7, 11) is 1.80. The largest absolute Gasteiger partial charge is 0.483 e. The maximum Gasteiger partial charge on any atom is 0.163 e. The lowest BCUT2D eigenvalue weighted by Gasteiger charge is -2.14. The molecule has 5 aromatic rings. The van der Waals surface area contributed by atoms with E-state index in [0.717, 1.165) is 22.1 Å². The molecule has 0 aliphatic carbocycles. The molecule has 0 saturated carbocycles. The average Bonchev–Trinajstić information content (AvgIpc) is 3.36. The van der Waals surface area contributed by atoms with Crippen molar-refractivity contribution >= 4 is 16.7 Å². The molecular formula is C25H19FN4O2. The summed E-state index contributed by atoms with van der Waals surface area (Å²) in [6.07, 6.45) is 5.01. The van der Waals surface area contributed by atoms with Crippen molar-refractivity contribution in [2.45, 2.75) is 6.61 Å². The first-order valence-electron chi connectivity index (χ1n) is 10.1. The van der Waals surface area contributed by atoms with Gasteiger partial charge < -0.3 is 14.5 Å². The zero-order chi connectivity index (χ0) is 21.9. The van der Waals surface area contributed by atoms with E-state index < -0.39 is 0 Å². The molecule has 0 unspecified atom stereocenters. The summed E-state index contributed by atoms with van der Waals surface area (Å²) in [5.41, 5.74) is 2.95. The Kier molecular flexibility index (Phi) is 5.21. The van der Waals surface area contributed by atoms with E-state index in [4.69, 9.17) is 14.1 Å². The Hall–Kier alpha value is -4.26. The zero-order valence-electron chi connectivity index (χ0n) is 17.2. The summed E-state index contributed by atoms with van der Waals surface area (Å²) >= 11 is 0. The van der Waals surface area contributed by atoms with Crippen molar-refractivity contribution in [3.05, 3.63) is 90.9 Å². The number of halogens is 1. The number of fused-ring (bicyclic) bond motifs is 1. The lowest BCUT2D eigenvalue weighted by Crippen LogP contribution is -2.02. The van der Waals surface area contributed by atoms with Crippen molar-refractivity contribution in [2.24, 2.45) is 0 Å². The molecule has 3 heterocycles. The van der Waals surface area contributed by atoms with Crippen molar-refractivity contribution < 1.29 is 13.5 Å². The monoisotopic (exact) mass is 426 g/mol. The fourth-order valence-corrected chi connectivity index (χ4v) is 3.50. The number of hydrogen-bond donors (Lipinski definition) is 1. The number of benzene rings is 2. The molecule has 6 nitrogen and oxygen atoms in total. The van der Waals surface area contributed by atoms with Gasteiger partial charge in [0.15, 0.2) is 5.82 Å². The molecule has 3 aromatic heterocycles. The Morgan fingerprint density at radius 3 is 2.62 bits per heavy atom. The number of pyridine rings is 1. The van der Waals surface area contributed by atoms with E-state index >= 15 is 0 Å². The standard InChI is InChI=1S/C25H19FN4O2/c1-27-25-21-12-18(16-5-2-7-19(26)11-16)13-22(32-15-20-8-4-10-31-20)23(21)29-24(30-25)17-6-3-9-28-14-17/h2-14H,15H2,1H3,(H,27,29,30). The molecule has 0 radical (unpaired) electrons. The average molecular weight is 426 g/mol. The summed E-state index contributed by atoms with van der Waals surface area (Å²) < 4.78 is 25.4. The fraction of sp³-hybridized carbons (Fsp3) is 0.0800. The molecule has 0 aliphatic rings. The highest BCUT2D eigenvalue weighted by Crippen LogP contribution is 2.36. The van der Waals surface area contributed by atoms with Gasteiger partial charge in [0.2, 0.25) is 0 Å². The summed E-state index contributed by atoms with van der Waals surface area (Å²) in [5.74, 6) is 2.08. The first-order valence-corrected chi connectivity index (χ1v) is 10.1. The van der Waals surface area contributed by atoms with Crippen LogP contribution >= 0.6 is 0 Å². The van der Waals surface area contributed by atoms with E-state index in [1.807, 2.05) is 42.5 Å². The molecule has 7 heteroatoms. The summed E-state index contributed by atoms with van der Waals surface area (Å²) in [4.78, 5) is 13.6. The minimum Gasteiger partial charge on any atom is -0.483 e. The highest BCUT2D eigenvalue weighted by molar-refractivity contribution is 5.97. The number of anilines is 1. The van der Waals surface area contributed by atoms with Crippen molar-refractivity contribution in [2.75, 3.05) is 12.4 Å². The molecule has 0 bridgehead atoms. The van der Waals surface area contributed by atoms with Crippen molar-refractivity contribution in [1.82, 2.24) is 15.0 Å². The predicted molar refractivity (Wildman–Crippen MR) is 121 cm³/mol. The highest BCUT2D eigenvalue weighted by atomic mass is 19.1. The molecule has 0 atom stereocenters. The first-order chi connectivity index (χ1) is 15.7. The smallest absolute Gasteiger partial charge is 0.163 e. The van der Waals surface area contributed by atoms with Crippen LogP contribution in [0.15, 0.2) is 83.7 Å². The van der Waals surface area contributed by atoms with E-state index in [9.17, 15) is 4.39 Å². The topological polar surface area (TPSA) is 73.1 Å². The van der Waals surface area contributed by atoms with Crippen LogP contribution in [0.2, 0.25) is 0 Å². The van der Waals surface area contributed by atoms with Gasteiger partial charge in [-0.05, 0) is 59.7 Å². The Labute approximate surface area is 183 Å². The second-order valence-electron chi connectivity index (χ2n) is 7.14. The molecule has 0 spiro atoms. The minimum atomic E-state index is -0.308. The van der Waals surface area contributed by atoms with Gasteiger partial charge in [0, 0.05) is 30.4 Å². The molecule has 0 fully saturated rings. The number of rotatable bonds is 6. The van der Waals surface area contributed by atoms with E-state index in [1.54, 1.807) is 31.8 Å². The van der Waals surface area contributed by atoms with E-state index in [0.29, 0.717) is 28.7 Å². The minimum absolute atomic E-state index is 0.232. The second kappa shape index (κ2) is 8.47. The Bertz CT molecular complexity index is 1370. The third kappa shape index (κ3) is 3.88. The molecule has 158 valence electrons. The molecule has 5 rings (SSSR count). The summed E-state index contributed by atoms with van der Waals surface area (Å²) in [5, 5.41) is 3.91. The van der Waals surface area contributed by atoms with Crippen molar-refractivity contribution in [1.29, 1.82) is 0 Å². The number of furan rings is 1. The van der Waals surface area contributed by atoms with Crippen LogP contribution in [0.25, 0.3) is 33.4 Å². The van der Waals surface area contributed by atoms with Crippen LogP contribution in [0, 0.1) is 5.82 Å². The van der Waals surface area contributed by atoms with Gasteiger partial charge in [-0.3, -0.25) is 4.98 Å². The lowest BCUT2D eigenvalue weighted by molar-refractivity contribution is 0.273. The first kappa shape index (κ1) is 19.7. The van der Waals surface area contributed by atoms with E-state index in [2.05, 4.69) is 15.3 Å². The van der Waals surface area contributed by atoms with E-state index in [-0.39, 0.29) is 12.4 Å². The van der Waals surface area contributed by atoms with Gasteiger partial charge in [-0.15, -0.1) is 0 Å². The van der Waals surface area contributed by atoms with Crippen LogP contribution < -0.4 is 10.1 Å². The van der Waals surface area contributed by atoms with E-state index in [1.165, 1.54) is 12.1 Å². The molecule has 0 saturated heterocycles. The Morgan fingerprint density at radius 2 is 1.88 bits per heavy atom. The Balaban J connectivity index is 1.71. The normalized spacial score (nSPS) is 10.9. The molecule has 2 aromatic carbocycles. The second-order valence-corrected chi connectivity index (χ2v) is 7.14. The van der Waals surface area contributed by atoms with Gasteiger partial charge in [0.1, 0.15) is 35.3 Å². The number of hydrogen-bond acceptors (Lipinski definition) is 6. The molecular weight excluding hydrogens is 407 g/mol. The quantitative estimate of drug-likeness (QED) is 0.375. The van der Waals surface area contributed by atoms with Gasteiger partial charge >= 0.3 is 0 Å². The number of nitrogens with zero attached hydrogens (tertiary/aromatic N) is 3. The number of ether oxygens (including phenoxy) is 1. The van der Waals surface area contributed by atoms with Gasteiger partial charge in [-0.25, -0.2) is 14.4 Å².